The predicted molar refractivity (Wildman–Crippen MR) is 93.6 cm³/mol. The van der Waals surface area contributed by atoms with Crippen LogP contribution in [0.15, 0.2) is 12.1 Å². The molecule has 0 aliphatic heterocycles. The SMILES string of the molecule is CCc1ccc(C)c(CC)c1NC(=S)NCCC(C)C. The molecule has 112 valence electrons. The molecule has 0 aliphatic carbocycles. The average Bonchev–Trinajstić information content (AvgIpc) is 2.39. The Morgan fingerprint density at radius 1 is 1.20 bits per heavy atom. The Hall–Kier alpha value is -1.09. The lowest BCUT2D eigenvalue weighted by Crippen LogP contribution is -2.30. The Labute approximate surface area is 129 Å². The average molecular weight is 292 g/mol. The van der Waals surface area contributed by atoms with Gasteiger partial charge in [-0.3, -0.25) is 0 Å². The van der Waals surface area contributed by atoms with E-state index < -0.39 is 0 Å². The fourth-order valence-corrected chi connectivity index (χ4v) is 2.54. The van der Waals surface area contributed by atoms with Gasteiger partial charge in [-0.25, -0.2) is 0 Å². The molecule has 20 heavy (non-hydrogen) atoms. The standard InChI is InChI=1S/C17H28N2S/c1-6-14-9-8-13(5)15(7-2)16(14)19-17(20)18-11-10-12(3)4/h8-9,12H,6-7,10-11H2,1-5H3,(H2,18,19,20). The lowest BCUT2D eigenvalue weighted by Gasteiger charge is -2.19. The van der Waals surface area contributed by atoms with E-state index in [9.17, 15) is 0 Å². The molecule has 1 rings (SSSR count). The number of thiocarbonyl (C=S) groups is 1. The van der Waals surface area contributed by atoms with Gasteiger partial charge in [0, 0.05) is 12.2 Å². The Morgan fingerprint density at radius 3 is 2.45 bits per heavy atom. The summed E-state index contributed by atoms with van der Waals surface area (Å²) in [4.78, 5) is 0. The van der Waals surface area contributed by atoms with Gasteiger partial charge in [-0.2, -0.15) is 0 Å². The van der Waals surface area contributed by atoms with Crippen LogP contribution in [0, 0.1) is 12.8 Å². The Bertz CT molecular complexity index is 453. The van der Waals surface area contributed by atoms with Crippen molar-refractivity contribution in [3.05, 3.63) is 28.8 Å². The summed E-state index contributed by atoms with van der Waals surface area (Å²) in [6, 6.07) is 4.41. The maximum absolute atomic E-state index is 5.42. The van der Waals surface area contributed by atoms with Crippen LogP contribution in [0.25, 0.3) is 0 Å². The molecular weight excluding hydrogens is 264 g/mol. The highest BCUT2D eigenvalue weighted by Gasteiger charge is 2.10. The molecule has 0 atom stereocenters. The summed E-state index contributed by atoms with van der Waals surface area (Å²) >= 11 is 5.42. The van der Waals surface area contributed by atoms with Crippen molar-refractivity contribution in [1.29, 1.82) is 0 Å². The van der Waals surface area contributed by atoms with Crippen molar-refractivity contribution in [1.82, 2.24) is 5.32 Å². The van der Waals surface area contributed by atoms with Crippen LogP contribution in [-0.2, 0) is 12.8 Å². The van der Waals surface area contributed by atoms with E-state index in [4.69, 9.17) is 12.2 Å². The van der Waals surface area contributed by atoms with Gasteiger partial charge in [-0.1, -0.05) is 39.8 Å². The zero-order valence-corrected chi connectivity index (χ0v) is 14.3. The van der Waals surface area contributed by atoms with Gasteiger partial charge in [0.15, 0.2) is 5.11 Å². The molecule has 2 N–H and O–H groups in total. The van der Waals surface area contributed by atoms with E-state index in [1.165, 1.54) is 22.4 Å². The highest BCUT2D eigenvalue weighted by Crippen LogP contribution is 2.25. The summed E-state index contributed by atoms with van der Waals surface area (Å²) < 4.78 is 0. The minimum atomic E-state index is 0.696. The quantitative estimate of drug-likeness (QED) is 0.757. The summed E-state index contributed by atoms with van der Waals surface area (Å²) in [6.45, 7) is 11.9. The molecule has 0 spiro atoms. The Kier molecular flexibility index (Phi) is 7.00. The first-order valence-corrected chi connectivity index (χ1v) is 8.06. The molecule has 1 aromatic rings. The molecule has 1 aromatic carbocycles. The van der Waals surface area contributed by atoms with E-state index in [-0.39, 0.29) is 0 Å². The zero-order chi connectivity index (χ0) is 15.1. The third-order valence-electron chi connectivity index (χ3n) is 3.61. The first kappa shape index (κ1) is 17.0. The van der Waals surface area contributed by atoms with Crippen LogP contribution in [0.3, 0.4) is 0 Å². The maximum atomic E-state index is 5.42. The minimum absolute atomic E-state index is 0.696. The van der Waals surface area contributed by atoms with Gasteiger partial charge in [0.25, 0.3) is 0 Å². The maximum Gasteiger partial charge on any atom is 0.170 e. The molecule has 0 radical (unpaired) electrons. The highest BCUT2D eigenvalue weighted by molar-refractivity contribution is 7.80. The fourth-order valence-electron chi connectivity index (χ4n) is 2.34. The molecule has 0 fully saturated rings. The molecule has 0 saturated carbocycles. The zero-order valence-electron chi connectivity index (χ0n) is 13.5. The van der Waals surface area contributed by atoms with E-state index in [2.05, 4.69) is 57.4 Å². The predicted octanol–water partition coefficient (Wildman–Crippen LogP) is 4.45. The smallest absolute Gasteiger partial charge is 0.170 e. The van der Waals surface area contributed by atoms with Crippen molar-refractivity contribution in [2.45, 2.75) is 53.9 Å². The summed E-state index contributed by atoms with van der Waals surface area (Å²) in [6.07, 6.45) is 3.18. The van der Waals surface area contributed by atoms with Gasteiger partial charge in [0.2, 0.25) is 0 Å². The van der Waals surface area contributed by atoms with Gasteiger partial charge in [0.1, 0.15) is 0 Å². The van der Waals surface area contributed by atoms with Crippen LogP contribution in [0.4, 0.5) is 5.69 Å². The molecule has 3 heteroatoms. The topological polar surface area (TPSA) is 24.1 Å². The van der Waals surface area contributed by atoms with Crippen LogP contribution in [0.5, 0.6) is 0 Å². The second-order valence-electron chi connectivity index (χ2n) is 5.67. The van der Waals surface area contributed by atoms with E-state index in [0.717, 1.165) is 30.9 Å². The minimum Gasteiger partial charge on any atom is -0.362 e. The van der Waals surface area contributed by atoms with Crippen LogP contribution in [0.2, 0.25) is 0 Å². The number of anilines is 1. The van der Waals surface area contributed by atoms with E-state index >= 15 is 0 Å². The largest absolute Gasteiger partial charge is 0.362 e. The highest BCUT2D eigenvalue weighted by atomic mass is 32.1. The molecular formula is C17H28N2S. The number of benzene rings is 1. The third kappa shape index (κ3) is 4.78. The van der Waals surface area contributed by atoms with Crippen molar-refractivity contribution in [3.63, 3.8) is 0 Å². The molecule has 0 amide bonds. The van der Waals surface area contributed by atoms with Gasteiger partial charge in [-0.15, -0.1) is 0 Å². The molecule has 0 unspecified atom stereocenters. The van der Waals surface area contributed by atoms with Gasteiger partial charge < -0.3 is 10.6 Å². The molecule has 0 saturated heterocycles. The number of aryl methyl sites for hydroxylation is 2. The van der Waals surface area contributed by atoms with Crippen LogP contribution in [0.1, 0.15) is 50.8 Å². The lowest BCUT2D eigenvalue weighted by molar-refractivity contribution is 0.579. The van der Waals surface area contributed by atoms with Crippen molar-refractivity contribution in [2.75, 3.05) is 11.9 Å². The van der Waals surface area contributed by atoms with Gasteiger partial charge >= 0.3 is 0 Å². The third-order valence-corrected chi connectivity index (χ3v) is 3.86. The van der Waals surface area contributed by atoms with Crippen molar-refractivity contribution >= 4 is 23.0 Å². The second kappa shape index (κ2) is 8.25. The number of hydrogen-bond acceptors (Lipinski definition) is 1. The van der Waals surface area contributed by atoms with Crippen LogP contribution in [-0.4, -0.2) is 11.7 Å². The summed E-state index contributed by atoms with van der Waals surface area (Å²) in [5, 5.41) is 7.46. The van der Waals surface area contributed by atoms with E-state index in [0.29, 0.717) is 5.92 Å². The number of hydrogen-bond donors (Lipinski definition) is 2. The second-order valence-corrected chi connectivity index (χ2v) is 6.07. The molecule has 0 heterocycles. The summed E-state index contributed by atoms with van der Waals surface area (Å²) in [7, 11) is 0. The first-order valence-electron chi connectivity index (χ1n) is 7.65. The fraction of sp³-hybridized carbons (Fsp3) is 0.588. The van der Waals surface area contributed by atoms with Crippen LogP contribution >= 0.6 is 12.2 Å². The molecule has 2 nitrogen and oxygen atoms in total. The Balaban J connectivity index is 2.79. The number of rotatable bonds is 6. The monoisotopic (exact) mass is 292 g/mol. The van der Waals surface area contributed by atoms with Crippen LogP contribution < -0.4 is 10.6 Å². The summed E-state index contributed by atoms with van der Waals surface area (Å²) in [5.41, 5.74) is 5.24. The van der Waals surface area contributed by atoms with Gasteiger partial charge in [0.05, 0.1) is 0 Å². The van der Waals surface area contributed by atoms with E-state index in [1.54, 1.807) is 0 Å². The van der Waals surface area contributed by atoms with Crippen molar-refractivity contribution < 1.29 is 0 Å². The van der Waals surface area contributed by atoms with Gasteiger partial charge in [-0.05, 0) is 61.0 Å². The van der Waals surface area contributed by atoms with Crippen molar-refractivity contribution in [2.24, 2.45) is 5.92 Å². The van der Waals surface area contributed by atoms with E-state index in [1.807, 2.05) is 0 Å². The number of nitrogens with one attached hydrogen (secondary N) is 2. The molecule has 0 aliphatic rings. The lowest BCUT2D eigenvalue weighted by atomic mass is 9.98. The first-order chi connectivity index (χ1) is 9.49. The normalized spacial score (nSPS) is 10.7. The molecule has 0 aromatic heterocycles. The molecule has 0 bridgehead atoms. The Morgan fingerprint density at radius 2 is 1.90 bits per heavy atom. The summed E-state index contributed by atoms with van der Waals surface area (Å²) in [5.74, 6) is 0.696. The van der Waals surface area contributed by atoms with Crippen molar-refractivity contribution in [3.8, 4) is 0 Å².